The molecule has 0 amide bonds. The molecule has 1 heteroatoms. The summed E-state index contributed by atoms with van der Waals surface area (Å²) in [6.45, 7) is 6.14. The van der Waals surface area contributed by atoms with E-state index in [0.717, 1.165) is 6.42 Å². The summed E-state index contributed by atoms with van der Waals surface area (Å²) >= 11 is 0. The smallest absolute Gasteiger partial charge is 0.00388 e. The van der Waals surface area contributed by atoms with Gasteiger partial charge in [-0.1, -0.05) is 110 Å². The minimum Gasteiger partial charge on any atom is -0.328 e. The van der Waals surface area contributed by atoms with Crippen LogP contribution in [0.25, 0.3) is 0 Å². The number of hydrogen-bond donors (Lipinski definition) is 1. The summed E-state index contributed by atoms with van der Waals surface area (Å²) in [4.78, 5) is 0. The number of nitrogens with two attached hydrogens (primary N) is 1. The Balaban J connectivity index is 2.96. The highest BCUT2D eigenvalue weighted by Gasteiger charge is 1.98. The Labute approximate surface area is 135 Å². The minimum absolute atomic E-state index is 0.340. The van der Waals surface area contributed by atoms with Gasteiger partial charge in [0.1, 0.15) is 0 Å². The Kier molecular flexibility index (Phi) is 18.0. The van der Waals surface area contributed by atoms with E-state index in [4.69, 9.17) is 5.73 Å². The fraction of sp³-hybridized carbons (Fsp3) is 0.950. The number of unbranched alkanes of at least 4 members (excludes halogenated alkanes) is 14. The topological polar surface area (TPSA) is 26.0 Å². The second kappa shape index (κ2) is 18.0. The van der Waals surface area contributed by atoms with Gasteiger partial charge in [0.25, 0.3) is 0 Å². The average Bonchev–Trinajstić information content (AvgIpc) is 2.50. The maximum absolute atomic E-state index is 5.86. The molecule has 1 radical (unpaired) electrons. The summed E-state index contributed by atoms with van der Waals surface area (Å²) in [5, 5.41) is 0. The number of hydrogen-bond acceptors (Lipinski definition) is 1. The molecule has 0 aromatic heterocycles. The second-order valence-electron chi connectivity index (χ2n) is 6.79. The van der Waals surface area contributed by atoms with Crippen LogP contribution in [-0.2, 0) is 0 Å². The van der Waals surface area contributed by atoms with E-state index < -0.39 is 0 Å². The summed E-state index contributed by atoms with van der Waals surface area (Å²) in [5.74, 6) is 0. The predicted molar refractivity (Wildman–Crippen MR) is 97.5 cm³/mol. The summed E-state index contributed by atoms with van der Waals surface area (Å²) < 4.78 is 0. The van der Waals surface area contributed by atoms with Crippen molar-refractivity contribution in [2.75, 3.05) is 0 Å². The van der Waals surface area contributed by atoms with Crippen LogP contribution in [0, 0.1) is 6.92 Å². The van der Waals surface area contributed by atoms with Crippen LogP contribution in [-0.4, -0.2) is 6.04 Å². The average molecular weight is 297 g/mol. The molecule has 21 heavy (non-hydrogen) atoms. The second-order valence-corrected chi connectivity index (χ2v) is 6.79. The van der Waals surface area contributed by atoms with Gasteiger partial charge >= 0.3 is 0 Å². The van der Waals surface area contributed by atoms with Gasteiger partial charge in [0.2, 0.25) is 0 Å². The maximum atomic E-state index is 5.86. The standard InChI is InChI=1S/C20H42N/c1-3-5-6-7-8-9-10-11-12-13-14-15-16-17-18-19-20(21)4-2/h20H,2-19,21H2,1H3. The summed E-state index contributed by atoms with van der Waals surface area (Å²) in [7, 11) is 0. The molecular weight excluding hydrogens is 254 g/mol. The molecule has 0 saturated heterocycles. The van der Waals surface area contributed by atoms with Gasteiger partial charge in [-0.2, -0.15) is 0 Å². The first-order chi connectivity index (χ1) is 10.3. The van der Waals surface area contributed by atoms with Crippen molar-refractivity contribution in [2.24, 2.45) is 5.73 Å². The van der Waals surface area contributed by atoms with Gasteiger partial charge in [-0.05, 0) is 12.8 Å². The molecule has 127 valence electrons. The van der Waals surface area contributed by atoms with Gasteiger partial charge in [0.05, 0.1) is 0 Å². The highest BCUT2D eigenvalue weighted by Crippen LogP contribution is 2.14. The van der Waals surface area contributed by atoms with Gasteiger partial charge in [-0.3, -0.25) is 0 Å². The third-order valence-corrected chi connectivity index (χ3v) is 4.55. The Morgan fingerprint density at radius 1 is 0.619 bits per heavy atom. The highest BCUT2D eigenvalue weighted by molar-refractivity contribution is 4.62. The lowest BCUT2D eigenvalue weighted by molar-refractivity contribution is 0.515. The molecule has 0 bridgehead atoms. The lowest BCUT2D eigenvalue weighted by Crippen LogP contribution is -2.17. The molecule has 0 aromatic rings. The van der Waals surface area contributed by atoms with Gasteiger partial charge in [-0.25, -0.2) is 0 Å². The molecule has 0 aliphatic rings. The molecule has 2 N–H and O–H groups in total. The largest absolute Gasteiger partial charge is 0.328 e. The first-order valence-corrected chi connectivity index (χ1v) is 9.86. The van der Waals surface area contributed by atoms with Crippen LogP contribution in [0.3, 0.4) is 0 Å². The zero-order chi connectivity index (χ0) is 15.6. The predicted octanol–water partition coefficient (Wildman–Crippen LogP) is 6.80. The SMILES string of the molecule is [CH2]CC(N)CCCCCCCCCCCCCCCCC. The van der Waals surface area contributed by atoms with E-state index in [1.807, 2.05) is 0 Å². The third-order valence-electron chi connectivity index (χ3n) is 4.55. The monoisotopic (exact) mass is 296 g/mol. The van der Waals surface area contributed by atoms with Crippen molar-refractivity contribution in [3.8, 4) is 0 Å². The zero-order valence-corrected chi connectivity index (χ0v) is 14.9. The Bertz CT molecular complexity index is 179. The fourth-order valence-corrected chi connectivity index (χ4v) is 2.92. The molecule has 0 aliphatic heterocycles. The van der Waals surface area contributed by atoms with E-state index in [2.05, 4.69) is 13.8 Å². The number of rotatable bonds is 17. The first kappa shape index (κ1) is 21.0. The molecule has 1 unspecified atom stereocenters. The lowest BCUT2D eigenvalue weighted by atomic mass is 10.0. The van der Waals surface area contributed by atoms with Gasteiger partial charge in [0.15, 0.2) is 0 Å². The Morgan fingerprint density at radius 3 is 1.29 bits per heavy atom. The molecule has 0 fully saturated rings. The van der Waals surface area contributed by atoms with Crippen LogP contribution in [0.15, 0.2) is 0 Å². The van der Waals surface area contributed by atoms with Crippen molar-refractivity contribution in [1.29, 1.82) is 0 Å². The zero-order valence-electron chi connectivity index (χ0n) is 14.9. The molecule has 0 aliphatic carbocycles. The van der Waals surface area contributed by atoms with E-state index in [-0.39, 0.29) is 0 Å². The van der Waals surface area contributed by atoms with Crippen LogP contribution in [0.1, 0.15) is 116 Å². The Morgan fingerprint density at radius 2 is 0.952 bits per heavy atom. The van der Waals surface area contributed by atoms with Crippen molar-refractivity contribution in [1.82, 2.24) is 0 Å². The highest BCUT2D eigenvalue weighted by atomic mass is 14.6. The normalized spacial score (nSPS) is 12.7. The Hall–Kier alpha value is -0.0400. The lowest BCUT2D eigenvalue weighted by Gasteiger charge is -2.07. The van der Waals surface area contributed by atoms with Gasteiger partial charge in [0, 0.05) is 6.04 Å². The van der Waals surface area contributed by atoms with E-state index in [9.17, 15) is 0 Å². The van der Waals surface area contributed by atoms with Crippen LogP contribution in [0.4, 0.5) is 0 Å². The first-order valence-electron chi connectivity index (χ1n) is 9.86. The van der Waals surface area contributed by atoms with Gasteiger partial charge in [-0.15, -0.1) is 0 Å². The molecule has 1 nitrogen and oxygen atoms in total. The summed E-state index contributed by atoms with van der Waals surface area (Å²) in [6.07, 6.45) is 23.5. The van der Waals surface area contributed by atoms with Crippen LogP contribution in [0.2, 0.25) is 0 Å². The van der Waals surface area contributed by atoms with E-state index >= 15 is 0 Å². The summed E-state index contributed by atoms with van der Waals surface area (Å²) in [5.41, 5.74) is 5.86. The van der Waals surface area contributed by atoms with Crippen LogP contribution in [0.5, 0.6) is 0 Å². The van der Waals surface area contributed by atoms with Crippen LogP contribution >= 0.6 is 0 Å². The molecule has 0 aromatic carbocycles. The van der Waals surface area contributed by atoms with Crippen molar-refractivity contribution >= 4 is 0 Å². The fourth-order valence-electron chi connectivity index (χ4n) is 2.92. The maximum Gasteiger partial charge on any atom is 0.00388 e. The van der Waals surface area contributed by atoms with Crippen molar-refractivity contribution in [2.45, 2.75) is 122 Å². The minimum atomic E-state index is 0.340. The van der Waals surface area contributed by atoms with E-state index in [0.29, 0.717) is 6.04 Å². The quantitative estimate of drug-likeness (QED) is 0.293. The molecule has 1 atom stereocenters. The molecular formula is C20H42N. The van der Waals surface area contributed by atoms with Crippen molar-refractivity contribution < 1.29 is 0 Å². The van der Waals surface area contributed by atoms with E-state index in [1.54, 1.807) is 0 Å². The van der Waals surface area contributed by atoms with E-state index in [1.165, 1.54) is 103 Å². The van der Waals surface area contributed by atoms with Crippen molar-refractivity contribution in [3.63, 3.8) is 0 Å². The molecule has 0 heterocycles. The van der Waals surface area contributed by atoms with Crippen LogP contribution < -0.4 is 5.73 Å². The van der Waals surface area contributed by atoms with Crippen molar-refractivity contribution in [3.05, 3.63) is 6.92 Å². The molecule has 0 rings (SSSR count). The molecule has 0 saturated carbocycles. The molecule has 0 spiro atoms. The summed E-state index contributed by atoms with van der Waals surface area (Å²) in [6, 6.07) is 0.340. The third kappa shape index (κ3) is 17.9. The van der Waals surface area contributed by atoms with Gasteiger partial charge < -0.3 is 5.73 Å².